The SMILES string of the molecule is C[C@H]1CN([C@@H](C)CO)C(=O)c2cc(-c3ccc(C#N)cc3)cnc2O[C@@H]1CN(C)Cc1cncnc1. The van der Waals surface area contributed by atoms with Crippen molar-refractivity contribution in [3.8, 4) is 23.1 Å². The number of nitrogens with zero attached hydrogens (tertiary/aromatic N) is 6. The van der Waals surface area contributed by atoms with Gasteiger partial charge in [0, 0.05) is 55.3 Å². The fourth-order valence-corrected chi connectivity index (χ4v) is 4.31. The third-order valence-corrected chi connectivity index (χ3v) is 6.43. The average Bonchev–Trinajstić information content (AvgIpc) is 2.90. The maximum absolute atomic E-state index is 13.6. The molecule has 0 saturated heterocycles. The molecule has 0 unspecified atom stereocenters. The summed E-state index contributed by atoms with van der Waals surface area (Å²) in [5.74, 6) is 0.0424. The van der Waals surface area contributed by atoms with Crippen molar-refractivity contribution in [3.05, 3.63) is 71.9 Å². The van der Waals surface area contributed by atoms with Crippen molar-refractivity contribution in [1.82, 2.24) is 24.8 Å². The Bertz CT molecular complexity index is 1230. The number of fused-ring (bicyclic) bond motifs is 1. The summed E-state index contributed by atoms with van der Waals surface area (Å²) in [7, 11) is 2.00. The zero-order chi connectivity index (χ0) is 25.7. The topological polar surface area (TPSA) is 115 Å². The zero-order valence-corrected chi connectivity index (χ0v) is 20.7. The highest BCUT2D eigenvalue weighted by Gasteiger charge is 2.34. The van der Waals surface area contributed by atoms with Crippen LogP contribution in [0.4, 0.5) is 0 Å². The summed E-state index contributed by atoms with van der Waals surface area (Å²) in [6.07, 6.45) is 6.52. The van der Waals surface area contributed by atoms with E-state index in [1.165, 1.54) is 6.33 Å². The van der Waals surface area contributed by atoms with Gasteiger partial charge in [-0.15, -0.1) is 0 Å². The molecule has 2 aromatic heterocycles. The Labute approximate surface area is 211 Å². The number of likely N-dealkylation sites (N-methyl/N-ethyl adjacent to an activating group) is 1. The van der Waals surface area contributed by atoms with E-state index in [0.29, 0.717) is 30.8 Å². The van der Waals surface area contributed by atoms with E-state index in [4.69, 9.17) is 10.00 Å². The molecule has 0 aliphatic carbocycles. The van der Waals surface area contributed by atoms with Gasteiger partial charge in [-0.2, -0.15) is 5.26 Å². The Balaban J connectivity index is 1.66. The summed E-state index contributed by atoms with van der Waals surface area (Å²) in [6.45, 7) is 5.43. The summed E-state index contributed by atoms with van der Waals surface area (Å²) in [5.41, 5.74) is 3.50. The van der Waals surface area contributed by atoms with E-state index in [0.717, 1.165) is 16.7 Å². The molecule has 9 heteroatoms. The number of ether oxygens (including phenoxy) is 1. The van der Waals surface area contributed by atoms with Crippen LogP contribution in [0.3, 0.4) is 0 Å². The molecule has 0 fully saturated rings. The third kappa shape index (κ3) is 5.67. The van der Waals surface area contributed by atoms with Gasteiger partial charge in [-0.3, -0.25) is 9.69 Å². The molecule has 1 aromatic carbocycles. The predicted molar refractivity (Wildman–Crippen MR) is 134 cm³/mol. The van der Waals surface area contributed by atoms with E-state index in [2.05, 4.69) is 25.9 Å². The van der Waals surface area contributed by atoms with Gasteiger partial charge in [-0.05, 0) is 37.7 Å². The number of hydrogen-bond donors (Lipinski definition) is 1. The molecule has 4 rings (SSSR count). The molecule has 1 amide bonds. The summed E-state index contributed by atoms with van der Waals surface area (Å²) in [4.78, 5) is 30.2. The van der Waals surface area contributed by atoms with Crippen molar-refractivity contribution in [2.24, 2.45) is 5.92 Å². The molecule has 3 aromatic rings. The van der Waals surface area contributed by atoms with Crippen molar-refractivity contribution in [3.63, 3.8) is 0 Å². The number of nitriles is 1. The van der Waals surface area contributed by atoms with Gasteiger partial charge in [-0.1, -0.05) is 19.1 Å². The molecular weight excluding hydrogens is 456 g/mol. The van der Waals surface area contributed by atoms with Crippen LogP contribution in [-0.2, 0) is 6.54 Å². The van der Waals surface area contributed by atoms with E-state index in [9.17, 15) is 9.90 Å². The lowest BCUT2D eigenvalue weighted by atomic mass is 9.99. The second-order valence-corrected chi connectivity index (χ2v) is 9.33. The van der Waals surface area contributed by atoms with Crippen LogP contribution in [0.25, 0.3) is 11.1 Å². The first-order valence-electron chi connectivity index (χ1n) is 11.9. The molecule has 1 aliphatic heterocycles. The van der Waals surface area contributed by atoms with Gasteiger partial charge in [0.2, 0.25) is 5.88 Å². The van der Waals surface area contributed by atoms with Crippen molar-refractivity contribution in [1.29, 1.82) is 5.26 Å². The molecular formula is C27H30N6O3. The standard InChI is InChI=1S/C27H30N6O3/c1-18-13-33(19(2)16-34)27(35)24-8-23(22-6-4-20(9-28)5-7-22)12-31-26(24)36-25(18)15-32(3)14-21-10-29-17-30-11-21/h4-8,10-12,17-19,25,34H,13-16H2,1-3H3/t18-,19-,25+/m0/s1. The summed E-state index contributed by atoms with van der Waals surface area (Å²) < 4.78 is 6.38. The Kier molecular flexibility index (Phi) is 7.88. The quantitative estimate of drug-likeness (QED) is 0.542. The van der Waals surface area contributed by atoms with Gasteiger partial charge in [0.1, 0.15) is 18.0 Å². The van der Waals surface area contributed by atoms with Gasteiger partial charge < -0.3 is 14.7 Å². The van der Waals surface area contributed by atoms with E-state index < -0.39 is 0 Å². The van der Waals surface area contributed by atoms with Crippen LogP contribution in [-0.4, -0.2) is 74.7 Å². The highest BCUT2D eigenvalue weighted by Crippen LogP contribution is 2.30. The molecule has 9 nitrogen and oxygen atoms in total. The minimum absolute atomic E-state index is 0.00873. The molecule has 3 heterocycles. The number of carbonyl (C=O) groups is 1. The highest BCUT2D eigenvalue weighted by molar-refractivity contribution is 5.98. The molecule has 0 saturated carbocycles. The van der Waals surface area contributed by atoms with Gasteiger partial charge in [-0.25, -0.2) is 15.0 Å². The predicted octanol–water partition coefficient (Wildman–Crippen LogP) is 2.76. The maximum atomic E-state index is 13.6. The second kappa shape index (κ2) is 11.2. The van der Waals surface area contributed by atoms with Crippen LogP contribution < -0.4 is 4.74 Å². The lowest BCUT2D eigenvalue weighted by Crippen LogP contribution is -2.49. The number of amides is 1. The number of aromatic nitrogens is 3. The second-order valence-electron chi connectivity index (χ2n) is 9.33. The Morgan fingerprint density at radius 2 is 1.94 bits per heavy atom. The lowest BCUT2D eigenvalue weighted by Gasteiger charge is -2.37. The molecule has 0 radical (unpaired) electrons. The third-order valence-electron chi connectivity index (χ3n) is 6.43. The maximum Gasteiger partial charge on any atom is 0.259 e. The first-order valence-corrected chi connectivity index (χ1v) is 11.9. The van der Waals surface area contributed by atoms with Gasteiger partial charge in [0.15, 0.2) is 0 Å². The number of aliphatic hydroxyl groups is 1. The normalized spacial score (nSPS) is 18.6. The highest BCUT2D eigenvalue weighted by atomic mass is 16.5. The van der Waals surface area contributed by atoms with E-state index in [-0.39, 0.29) is 36.5 Å². The fraction of sp³-hybridized carbons (Fsp3) is 0.370. The van der Waals surface area contributed by atoms with Crippen LogP contribution in [0.15, 0.2) is 55.2 Å². The molecule has 0 spiro atoms. The Hall–Kier alpha value is -3.87. The zero-order valence-electron chi connectivity index (χ0n) is 20.7. The van der Waals surface area contributed by atoms with Crippen molar-refractivity contribution in [2.75, 3.05) is 26.7 Å². The number of pyridine rings is 1. The first-order chi connectivity index (χ1) is 17.4. The molecule has 36 heavy (non-hydrogen) atoms. The molecule has 3 atom stereocenters. The smallest absolute Gasteiger partial charge is 0.259 e. The van der Waals surface area contributed by atoms with Gasteiger partial charge in [0.05, 0.1) is 24.3 Å². The van der Waals surface area contributed by atoms with Crippen LogP contribution in [0.1, 0.15) is 35.3 Å². The molecule has 1 N–H and O–H groups in total. The van der Waals surface area contributed by atoms with Crippen LogP contribution in [0.2, 0.25) is 0 Å². The summed E-state index contributed by atoms with van der Waals surface area (Å²) >= 11 is 0. The van der Waals surface area contributed by atoms with E-state index >= 15 is 0 Å². The monoisotopic (exact) mass is 486 g/mol. The van der Waals surface area contributed by atoms with Gasteiger partial charge >= 0.3 is 0 Å². The van der Waals surface area contributed by atoms with Crippen LogP contribution in [0, 0.1) is 17.2 Å². The first kappa shape index (κ1) is 25.2. The molecule has 186 valence electrons. The average molecular weight is 487 g/mol. The Morgan fingerprint density at radius 3 is 2.61 bits per heavy atom. The number of aliphatic hydroxyl groups excluding tert-OH is 1. The largest absolute Gasteiger partial charge is 0.472 e. The van der Waals surface area contributed by atoms with Gasteiger partial charge in [0.25, 0.3) is 5.91 Å². The number of rotatable bonds is 7. The fourth-order valence-electron chi connectivity index (χ4n) is 4.31. The number of benzene rings is 1. The molecule has 1 aliphatic rings. The number of carbonyl (C=O) groups excluding carboxylic acids is 1. The van der Waals surface area contributed by atoms with Crippen LogP contribution in [0.5, 0.6) is 5.88 Å². The van der Waals surface area contributed by atoms with Crippen molar-refractivity contribution >= 4 is 5.91 Å². The number of hydrogen-bond acceptors (Lipinski definition) is 8. The van der Waals surface area contributed by atoms with Crippen LogP contribution >= 0.6 is 0 Å². The Morgan fingerprint density at radius 1 is 1.22 bits per heavy atom. The minimum Gasteiger partial charge on any atom is -0.472 e. The summed E-state index contributed by atoms with van der Waals surface area (Å²) in [5, 5.41) is 19.0. The van der Waals surface area contributed by atoms with Crippen molar-refractivity contribution in [2.45, 2.75) is 32.5 Å². The minimum atomic E-state index is -0.357. The van der Waals surface area contributed by atoms with Crippen molar-refractivity contribution < 1.29 is 14.6 Å². The molecule has 0 bridgehead atoms. The van der Waals surface area contributed by atoms with E-state index in [1.54, 1.807) is 41.7 Å². The van der Waals surface area contributed by atoms with E-state index in [1.807, 2.05) is 33.0 Å². The lowest BCUT2D eigenvalue weighted by molar-refractivity contribution is 0.0325. The summed E-state index contributed by atoms with van der Waals surface area (Å²) in [6, 6.07) is 10.7.